The molecule has 1 aliphatic heterocycles. The van der Waals surface area contributed by atoms with E-state index in [4.69, 9.17) is 4.74 Å². The number of carbonyl (C=O) groups excluding carboxylic acids is 3. The minimum Gasteiger partial charge on any atom is -0.492 e. The number of nitrogens with one attached hydrogen (secondary N) is 3. The van der Waals surface area contributed by atoms with Crippen molar-refractivity contribution in [2.75, 3.05) is 26.7 Å². The van der Waals surface area contributed by atoms with Gasteiger partial charge < -0.3 is 30.7 Å². The number of hydrogen-bond acceptors (Lipinski definition) is 6. The number of para-hydroxylation sites is 1. The fourth-order valence-electron chi connectivity index (χ4n) is 4.87. The van der Waals surface area contributed by atoms with Crippen molar-refractivity contribution in [3.63, 3.8) is 0 Å². The second-order valence-corrected chi connectivity index (χ2v) is 10.2. The molecule has 4 N–H and O–H groups in total. The second kappa shape index (κ2) is 13.4. The third-order valence-corrected chi connectivity index (χ3v) is 7.10. The number of rotatable bonds is 4. The maximum absolute atomic E-state index is 13.6. The van der Waals surface area contributed by atoms with Gasteiger partial charge in [0.15, 0.2) is 0 Å². The van der Waals surface area contributed by atoms with Gasteiger partial charge in [-0.05, 0) is 37.3 Å². The number of ether oxygens (including phenoxy) is 1. The lowest BCUT2D eigenvalue weighted by Gasteiger charge is -2.33. The molecule has 4 atom stereocenters. The molecule has 0 spiro atoms. The van der Waals surface area contributed by atoms with Crippen LogP contribution in [0.15, 0.2) is 60.7 Å². The maximum atomic E-state index is 13.6. The van der Waals surface area contributed by atoms with Crippen molar-refractivity contribution in [2.24, 2.45) is 5.92 Å². The topological polar surface area (TPSA) is 120 Å². The number of likely N-dealkylation sites (N-methyl/N-ethyl adjacent to an activating group) is 1. The van der Waals surface area contributed by atoms with Crippen LogP contribution in [0.1, 0.15) is 30.9 Å². The van der Waals surface area contributed by atoms with Crippen LogP contribution in [0.5, 0.6) is 5.75 Å². The first-order valence-electron chi connectivity index (χ1n) is 13.5. The molecular formula is C30H38N4O5. The van der Waals surface area contributed by atoms with Gasteiger partial charge in [0.05, 0.1) is 12.1 Å². The number of aliphatic hydroxyl groups is 1. The fourth-order valence-corrected chi connectivity index (χ4v) is 4.87. The Labute approximate surface area is 229 Å². The van der Waals surface area contributed by atoms with E-state index in [2.05, 4.69) is 16.0 Å². The Bertz CT molecular complexity index is 1160. The average Bonchev–Trinajstić information content (AvgIpc) is 3.76. The predicted octanol–water partition coefficient (Wildman–Crippen LogP) is 1.51. The van der Waals surface area contributed by atoms with Gasteiger partial charge in [-0.2, -0.15) is 0 Å². The molecule has 0 saturated heterocycles. The summed E-state index contributed by atoms with van der Waals surface area (Å²) in [5.41, 5.74) is 1.74. The molecule has 2 aliphatic rings. The highest BCUT2D eigenvalue weighted by molar-refractivity contribution is 5.93. The van der Waals surface area contributed by atoms with Gasteiger partial charge in [0.2, 0.25) is 17.7 Å². The summed E-state index contributed by atoms with van der Waals surface area (Å²) in [6.45, 7) is 2.52. The quantitative estimate of drug-likeness (QED) is 0.472. The normalized spacial score (nSPS) is 24.4. The third kappa shape index (κ3) is 7.68. The van der Waals surface area contributed by atoms with Crippen LogP contribution in [-0.4, -0.2) is 78.7 Å². The average molecular weight is 535 g/mol. The molecule has 1 aliphatic carbocycles. The van der Waals surface area contributed by atoms with Crippen molar-refractivity contribution in [3.05, 3.63) is 71.8 Å². The van der Waals surface area contributed by atoms with Crippen LogP contribution >= 0.6 is 0 Å². The molecule has 9 heteroatoms. The van der Waals surface area contributed by atoms with E-state index < -0.39 is 30.1 Å². The van der Waals surface area contributed by atoms with Crippen molar-refractivity contribution in [2.45, 2.75) is 50.4 Å². The van der Waals surface area contributed by atoms with Crippen LogP contribution in [0.2, 0.25) is 0 Å². The maximum Gasteiger partial charge on any atom is 0.246 e. The van der Waals surface area contributed by atoms with Gasteiger partial charge in [-0.1, -0.05) is 60.7 Å². The molecule has 2 aromatic carbocycles. The molecule has 0 aromatic heterocycles. The largest absolute Gasteiger partial charge is 0.492 e. The highest BCUT2D eigenvalue weighted by atomic mass is 16.5. The zero-order chi connectivity index (χ0) is 27.8. The first-order valence-corrected chi connectivity index (χ1v) is 13.5. The Balaban J connectivity index is 1.62. The van der Waals surface area contributed by atoms with Crippen molar-refractivity contribution in [1.29, 1.82) is 0 Å². The van der Waals surface area contributed by atoms with Crippen LogP contribution in [0.4, 0.5) is 0 Å². The van der Waals surface area contributed by atoms with Gasteiger partial charge in [0, 0.05) is 32.1 Å². The Kier molecular flexibility index (Phi) is 9.73. The Morgan fingerprint density at radius 2 is 1.74 bits per heavy atom. The summed E-state index contributed by atoms with van der Waals surface area (Å²) in [6.07, 6.45) is 4.65. The van der Waals surface area contributed by atoms with Crippen LogP contribution in [0, 0.1) is 5.92 Å². The molecule has 39 heavy (non-hydrogen) atoms. The number of benzene rings is 2. The zero-order valence-electron chi connectivity index (χ0n) is 22.5. The van der Waals surface area contributed by atoms with E-state index in [1.165, 1.54) is 18.9 Å². The number of fused-ring (bicyclic) bond motifs is 1. The first kappa shape index (κ1) is 28.3. The Hall–Kier alpha value is -3.69. The molecule has 0 radical (unpaired) electrons. The number of hydrogen-bond donors (Lipinski definition) is 4. The summed E-state index contributed by atoms with van der Waals surface area (Å²) in [5, 5.41) is 19.5. The van der Waals surface area contributed by atoms with Gasteiger partial charge in [0.1, 0.15) is 24.4 Å². The summed E-state index contributed by atoms with van der Waals surface area (Å²) in [6, 6.07) is 14.5. The summed E-state index contributed by atoms with van der Waals surface area (Å²) in [5.74, 6) is -0.348. The molecule has 4 rings (SSSR count). The monoisotopic (exact) mass is 534 g/mol. The van der Waals surface area contributed by atoms with Crippen LogP contribution in [0.3, 0.4) is 0 Å². The lowest BCUT2D eigenvalue weighted by molar-refractivity contribution is -0.145. The van der Waals surface area contributed by atoms with Gasteiger partial charge in [-0.25, -0.2) is 0 Å². The minimum absolute atomic E-state index is 0.162. The second-order valence-electron chi connectivity index (χ2n) is 10.2. The molecule has 2 aromatic rings. The van der Waals surface area contributed by atoms with Crippen LogP contribution < -0.4 is 20.7 Å². The number of carbonyl (C=O) groups is 3. The molecule has 3 amide bonds. The molecule has 0 bridgehead atoms. The molecule has 1 saturated carbocycles. The van der Waals surface area contributed by atoms with E-state index in [0.29, 0.717) is 18.9 Å². The minimum atomic E-state index is -1.16. The summed E-state index contributed by atoms with van der Waals surface area (Å²) < 4.78 is 5.99. The first-order chi connectivity index (χ1) is 18.8. The van der Waals surface area contributed by atoms with Gasteiger partial charge in [-0.15, -0.1) is 0 Å². The fraction of sp³-hybridized carbons (Fsp3) is 0.433. The summed E-state index contributed by atoms with van der Waals surface area (Å²) in [7, 11) is 1.53. The molecule has 208 valence electrons. The summed E-state index contributed by atoms with van der Waals surface area (Å²) >= 11 is 0. The summed E-state index contributed by atoms with van der Waals surface area (Å²) in [4.78, 5) is 41.6. The molecular weight excluding hydrogens is 496 g/mol. The van der Waals surface area contributed by atoms with E-state index >= 15 is 0 Å². The van der Waals surface area contributed by atoms with Crippen molar-refractivity contribution in [3.8, 4) is 5.75 Å². The van der Waals surface area contributed by atoms with E-state index in [-0.39, 0.29) is 30.7 Å². The van der Waals surface area contributed by atoms with E-state index in [1.807, 2.05) is 66.7 Å². The molecule has 1 unspecified atom stereocenters. The predicted molar refractivity (Wildman–Crippen MR) is 149 cm³/mol. The van der Waals surface area contributed by atoms with Crippen molar-refractivity contribution >= 4 is 23.8 Å². The number of nitrogens with zero attached hydrogens (tertiary/aromatic N) is 1. The van der Waals surface area contributed by atoms with E-state index in [0.717, 1.165) is 24.0 Å². The highest BCUT2D eigenvalue weighted by Gasteiger charge is 2.41. The Morgan fingerprint density at radius 3 is 2.46 bits per heavy atom. The standard InChI is InChI=1S/C30H38N4O5/c1-20(35)27-29(37)33-24(19-21-9-4-3-5-10-21)28(36)32-16-8-12-22-11-6-7-13-25(22)39-18-17-31-26(23-14-15-23)30(38)34(27)2/h3-13,20,23-24,26-27,31,35H,14-19H2,1-2H3,(H,32,36)(H,33,37)/t20?,24-,26+,27+/m1/s1. The molecule has 9 nitrogen and oxygen atoms in total. The SMILES string of the molecule is CC(O)[C@H]1C(=O)N[C@H](Cc2ccccc2)C(=O)NCC=Cc2ccccc2OCCN[C@@H](C2CC2)C(=O)N1C. The van der Waals surface area contributed by atoms with Crippen molar-refractivity contribution in [1.82, 2.24) is 20.9 Å². The smallest absolute Gasteiger partial charge is 0.246 e. The molecule has 1 heterocycles. The van der Waals surface area contributed by atoms with Gasteiger partial charge in [-0.3, -0.25) is 14.4 Å². The number of amides is 3. The van der Waals surface area contributed by atoms with Crippen molar-refractivity contribution < 1.29 is 24.2 Å². The Morgan fingerprint density at radius 1 is 1.03 bits per heavy atom. The van der Waals surface area contributed by atoms with Crippen LogP contribution in [0.25, 0.3) is 6.08 Å². The zero-order valence-corrected chi connectivity index (χ0v) is 22.5. The van der Waals surface area contributed by atoms with E-state index in [1.54, 1.807) is 0 Å². The van der Waals surface area contributed by atoms with Gasteiger partial charge in [0.25, 0.3) is 0 Å². The lowest BCUT2D eigenvalue weighted by atomic mass is 10.0. The third-order valence-electron chi connectivity index (χ3n) is 7.10. The number of aliphatic hydroxyl groups excluding tert-OH is 1. The van der Waals surface area contributed by atoms with E-state index in [9.17, 15) is 19.5 Å². The lowest BCUT2D eigenvalue weighted by Crippen LogP contribution is -2.60. The molecule has 1 fully saturated rings. The van der Waals surface area contributed by atoms with Crippen LogP contribution in [-0.2, 0) is 20.8 Å². The highest BCUT2D eigenvalue weighted by Crippen LogP contribution is 2.33. The van der Waals surface area contributed by atoms with Gasteiger partial charge >= 0.3 is 0 Å².